The Balaban J connectivity index is 1.49. The van der Waals surface area contributed by atoms with E-state index in [0.29, 0.717) is 27.9 Å². The molecule has 0 radical (unpaired) electrons. The molecule has 0 atom stereocenters. The monoisotopic (exact) mass is 676 g/mol. The number of para-hydroxylation sites is 1. The van der Waals surface area contributed by atoms with Gasteiger partial charge in [0.2, 0.25) is 0 Å². The van der Waals surface area contributed by atoms with E-state index in [1.165, 1.54) is 11.6 Å². The lowest BCUT2D eigenvalue weighted by atomic mass is 9.86. The predicted molar refractivity (Wildman–Crippen MR) is 203 cm³/mol. The Morgan fingerprint density at radius 1 is 0.667 bits per heavy atom. The molecular formula is C44H35F3N4. The lowest BCUT2D eigenvalue weighted by molar-refractivity contribution is -0.0874. The summed E-state index contributed by atoms with van der Waals surface area (Å²) in [5, 5.41) is 6.63. The van der Waals surface area contributed by atoms with E-state index in [9.17, 15) is 13.2 Å². The van der Waals surface area contributed by atoms with Crippen molar-refractivity contribution in [1.29, 1.82) is 0 Å². The van der Waals surface area contributed by atoms with Gasteiger partial charge in [0.25, 0.3) is 0 Å². The zero-order valence-electron chi connectivity index (χ0n) is 28.5. The van der Waals surface area contributed by atoms with E-state index in [1.807, 2.05) is 91.0 Å². The topological polar surface area (TPSA) is 41.7 Å². The Morgan fingerprint density at radius 2 is 1.35 bits per heavy atom. The van der Waals surface area contributed by atoms with Crippen LogP contribution in [0, 0.1) is 0 Å². The SMILES string of the molecule is CC(C)(C)c1ccc2c3ccccc3n(-c3ccc(=C4CC=CC=C4C(F)(F)F)c(=C4N=C(c5ccccc5)N=C(c5ccccc5)N4)c3)c2c1. The van der Waals surface area contributed by atoms with E-state index in [1.54, 1.807) is 6.08 Å². The van der Waals surface area contributed by atoms with Gasteiger partial charge < -0.3 is 9.88 Å². The molecule has 4 nitrogen and oxygen atoms in total. The van der Waals surface area contributed by atoms with Crippen molar-refractivity contribution >= 4 is 44.9 Å². The van der Waals surface area contributed by atoms with Crippen LogP contribution in [-0.4, -0.2) is 22.4 Å². The molecule has 1 N–H and O–H groups in total. The van der Waals surface area contributed by atoms with Gasteiger partial charge in [0.1, 0.15) is 11.7 Å². The maximum absolute atomic E-state index is 14.6. The highest BCUT2D eigenvalue weighted by Crippen LogP contribution is 2.36. The summed E-state index contributed by atoms with van der Waals surface area (Å²) in [5.74, 6) is 1.44. The number of benzene rings is 5. The van der Waals surface area contributed by atoms with Gasteiger partial charge in [0, 0.05) is 32.8 Å². The summed E-state index contributed by atoms with van der Waals surface area (Å²) >= 11 is 0. The molecule has 0 amide bonds. The van der Waals surface area contributed by atoms with Crippen LogP contribution in [0.3, 0.4) is 0 Å². The lowest BCUT2D eigenvalue weighted by Crippen LogP contribution is -2.39. The zero-order chi connectivity index (χ0) is 35.3. The Labute approximate surface area is 294 Å². The number of nitrogens with one attached hydrogen (secondary N) is 1. The van der Waals surface area contributed by atoms with E-state index in [2.05, 4.69) is 61.0 Å². The smallest absolute Gasteiger partial charge is 0.324 e. The van der Waals surface area contributed by atoms with Crippen LogP contribution in [0.4, 0.5) is 13.2 Å². The second-order valence-electron chi connectivity index (χ2n) is 13.9. The first-order chi connectivity index (χ1) is 24.6. The molecule has 0 unspecified atom stereocenters. The van der Waals surface area contributed by atoms with Crippen molar-refractivity contribution in [3.8, 4) is 5.69 Å². The minimum atomic E-state index is -4.54. The quantitative estimate of drug-likeness (QED) is 0.200. The van der Waals surface area contributed by atoms with Crippen molar-refractivity contribution in [2.75, 3.05) is 0 Å². The lowest BCUT2D eigenvalue weighted by Gasteiger charge is -2.21. The molecule has 1 aliphatic carbocycles. The van der Waals surface area contributed by atoms with Crippen LogP contribution in [-0.2, 0) is 5.41 Å². The third kappa shape index (κ3) is 5.99. The normalized spacial score (nSPS) is 17.3. The van der Waals surface area contributed by atoms with Gasteiger partial charge in [-0.2, -0.15) is 13.2 Å². The van der Waals surface area contributed by atoms with Crippen molar-refractivity contribution in [1.82, 2.24) is 9.88 Å². The molecule has 51 heavy (non-hydrogen) atoms. The number of aliphatic imine (C=N–C) groups is 2. The van der Waals surface area contributed by atoms with Crippen molar-refractivity contribution in [3.63, 3.8) is 0 Å². The number of rotatable bonds is 3. The minimum Gasteiger partial charge on any atom is -0.324 e. The van der Waals surface area contributed by atoms with Gasteiger partial charge >= 0.3 is 6.18 Å². The molecule has 1 aliphatic heterocycles. The number of aromatic nitrogens is 1. The molecule has 0 spiro atoms. The Bertz CT molecular complexity index is 2580. The summed E-state index contributed by atoms with van der Waals surface area (Å²) in [6, 6.07) is 39.8. The first-order valence-corrected chi connectivity index (χ1v) is 17.0. The molecule has 6 aromatic rings. The largest absolute Gasteiger partial charge is 0.416 e. The summed E-state index contributed by atoms with van der Waals surface area (Å²) in [5.41, 5.74) is 5.09. The summed E-state index contributed by atoms with van der Waals surface area (Å²) in [6.45, 7) is 6.57. The van der Waals surface area contributed by atoms with Crippen LogP contribution in [0.15, 0.2) is 155 Å². The van der Waals surface area contributed by atoms with Crippen molar-refractivity contribution < 1.29 is 13.2 Å². The Hall–Kier alpha value is -5.95. The number of amidine groups is 2. The van der Waals surface area contributed by atoms with Crippen LogP contribution < -0.4 is 15.8 Å². The first kappa shape index (κ1) is 32.3. The van der Waals surface area contributed by atoms with Gasteiger partial charge in [0.05, 0.1) is 16.6 Å². The number of hydrogen-bond acceptors (Lipinski definition) is 3. The second-order valence-corrected chi connectivity index (χ2v) is 13.9. The molecule has 5 aromatic carbocycles. The molecule has 0 saturated heterocycles. The number of hydrogen-bond donors (Lipinski definition) is 1. The molecule has 0 saturated carbocycles. The molecule has 2 aliphatic rings. The average molecular weight is 677 g/mol. The highest BCUT2D eigenvalue weighted by Gasteiger charge is 2.36. The van der Waals surface area contributed by atoms with Crippen molar-refractivity contribution in [3.05, 3.63) is 172 Å². The van der Waals surface area contributed by atoms with Crippen molar-refractivity contribution in [2.24, 2.45) is 9.98 Å². The predicted octanol–water partition coefficient (Wildman–Crippen LogP) is 9.24. The zero-order valence-corrected chi connectivity index (χ0v) is 28.5. The number of halogens is 3. The average Bonchev–Trinajstić information content (AvgIpc) is 3.48. The molecule has 0 bridgehead atoms. The Morgan fingerprint density at radius 3 is 2.08 bits per heavy atom. The van der Waals surface area contributed by atoms with Gasteiger partial charge in [-0.1, -0.05) is 136 Å². The summed E-state index contributed by atoms with van der Waals surface area (Å²) in [4.78, 5) is 9.93. The van der Waals surface area contributed by atoms with E-state index in [4.69, 9.17) is 9.98 Å². The van der Waals surface area contributed by atoms with E-state index >= 15 is 0 Å². The van der Waals surface area contributed by atoms with E-state index in [0.717, 1.165) is 44.7 Å². The van der Waals surface area contributed by atoms with Crippen LogP contribution in [0.25, 0.3) is 38.9 Å². The fourth-order valence-electron chi connectivity index (χ4n) is 6.91. The first-order valence-electron chi connectivity index (χ1n) is 17.0. The van der Waals surface area contributed by atoms with E-state index in [-0.39, 0.29) is 17.4 Å². The van der Waals surface area contributed by atoms with Crippen molar-refractivity contribution in [2.45, 2.75) is 38.8 Å². The third-order valence-corrected chi connectivity index (χ3v) is 9.48. The molecule has 1 aromatic heterocycles. The minimum absolute atomic E-state index is 0.0897. The summed E-state index contributed by atoms with van der Waals surface area (Å²) < 4.78 is 46.0. The number of nitrogens with zero attached hydrogens (tertiary/aromatic N) is 3. The fourth-order valence-corrected chi connectivity index (χ4v) is 6.91. The van der Waals surface area contributed by atoms with Crippen LogP contribution >= 0.6 is 0 Å². The van der Waals surface area contributed by atoms with Crippen LogP contribution in [0.2, 0.25) is 0 Å². The molecular weight excluding hydrogens is 642 g/mol. The molecule has 252 valence electrons. The maximum Gasteiger partial charge on any atom is 0.416 e. The number of allylic oxidation sites excluding steroid dienone is 4. The highest BCUT2D eigenvalue weighted by atomic mass is 19.4. The molecule has 0 fully saturated rings. The van der Waals surface area contributed by atoms with E-state index < -0.39 is 11.7 Å². The van der Waals surface area contributed by atoms with Gasteiger partial charge in [-0.25, -0.2) is 9.98 Å². The van der Waals surface area contributed by atoms with Gasteiger partial charge in [-0.05, 0) is 52.5 Å². The Kier molecular flexibility index (Phi) is 7.86. The number of alkyl halides is 3. The standard InChI is InChI=1S/C44H35F3N4/c1-43(2,3)30-22-24-35-34-19-11-13-21-38(34)51(39(35)26-30)31-23-25-32(33-18-10-12-20-37(33)44(45,46)47)36(27-31)42-49-40(28-14-6-4-7-15-28)48-41(50-42)29-16-8-5-9-17-29/h4-17,19-27H,18H2,1-3H3,(H,48,49,50). The van der Waals surface area contributed by atoms with Gasteiger partial charge in [0.15, 0.2) is 5.84 Å². The number of fused-ring (bicyclic) bond motifs is 3. The summed E-state index contributed by atoms with van der Waals surface area (Å²) in [7, 11) is 0. The van der Waals surface area contributed by atoms with Gasteiger partial charge in [-0.3, -0.25) is 0 Å². The fraction of sp³-hybridized carbons (Fsp3) is 0.136. The third-order valence-electron chi connectivity index (χ3n) is 9.48. The molecule has 8 rings (SSSR count). The molecule has 2 heterocycles. The maximum atomic E-state index is 14.6. The second kappa shape index (κ2) is 12.4. The highest BCUT2D eigenvalue weighted by molar-refractivity contribution is 6.16. The summed E-state index contributed by atoms with van der Waals surface area (Å²) in [6.07, 6.45) is -0.0109. The van der Waals surface area contributed by atoms with Crippen LogP contribution in [0.1, 0.15) is 43.9 Å². The van der Waals surface area contributed by atoms with Gasteiger partial charge in [-0.15, -0.1) is 0 Å². The molecule has 7 heteroatoms. The van der Waals surface area contributed by atoms with Crippen LogP contribution in [0.5, 0.6) is 0 Å².